The molecule has 0 radical (unpaired) electrons. The number of halogens is 1. The summed E-state index contributed by atoms with van der Waals surface area (Å²) >= 11 is 2.23. The smallest absolute Gasteiger partial charge is 0.238 e. The summed E-state index contributed by atoms with van der Waals surface area (Å²) in [6, 6.07) is 8.25. The van der Waals surface area contributed by atoms with Gasteiger partial charge in [-0.3, -0.25) is 9.69 Å². The molecule has 2 unspecified atom stereocenters. The van der Waals surface area contributed by atoms with Gasteiger partial charge in [0.15, 0.2) is 0 Å². The molecule has 0 aromatic heterocycles. The van der Waals surface area contributed by atoms with Crippen molar-refractivity contribution >= 4 is 34.2 Å². The van der Waals surface area contributed by atoms with E-state index in [2.05, 4.69) is 39.7 Å². The van der Waals surface area contributed by atoms with Gasteiger partial charge in [-0.05, 0) is 60.5 Å². The quantitative estimate of drug-likeness (QED) is 0.793. The van der Waals surface area contributed by atoms with Crippen LogP contribution in [-0.4, -0.2) is 36.5 Å². The van der Waals surface area contributed by atoms with Crippen molar-refractivity contribution in [2.24, 2.45) is 11.7 Å². The maximum Gasteiger partial charge on any atom is 0.238 e. The lowest BCUT2D eigenvalue weighted by Gasteiger charge is -2.20. The molecule has 5 heteroatoms. The van der Waals surface area contributed by atoms with Crippen LogP contribution in [0.25, 0.3) is 0 Å². The first-order valence-electron chi connectivity index (χ1n) is 6.58. The number of carbonyl (C=O) groups is 1. The summed E-state index contributed by atoms with van der Waals surface area (Å²) < 4.78 is 1.06. The molecule has 1 saturated heterocycles. The number of nitrogens with zero attached hydrogens (tertiary/aromatic N) is 1. The van der Waals surface area contributed by atoms with Gasteiger partial charge in [-0.2, -0.15) is 0 Å². The molecule has 1 aliphatic heterocycles. The molecule has 1 amide bonds. The van der Waals surface area contributed by atoms with Crippen LogP contribution in [0, 0.1) is 9.49 Å². The van der Waals surface area contributed by atoms with Crippen molar-refractivity contribution in [2.75, 3.05) is 25.0 Å². The van der Waals surface area contributed by atoms with Crippen LogP contribution < -0.4 is 11.1 Å². The van der Waals surface area contributed by atoms with E-state index in [-0.39, 0.29) is 5.91 Å². The minimum atomic E-state index is 0.0497. The first-order chi connectivity index (χ1) is 9.10. The topological polar surface area (TPSA) is 58.4 Å². The van der Waals surface area contributed by atoms with Gasteiger partial charge in [-0.1, -0.05) is 12.1 Å². The Hall–Kier alpha value is -0.660. The number of hydrogen-bond acceptors (Lipinski definition) is 3. The number of nitrogens with two attached hydrogens (primary N) is 1. The third-order valence-electron chi connectivity index (χ3n) is 3.62. The molecule has 0 aliphatic carbocycles. The number of rotatable bonds is 4. The molecule has 1 heterocycles. The fraction of sp³-hybridized carbons (Fsp3) is 0.500. The van der Waals surface area contributed by atoms with Gasteiger partial charge in [0.2, 0.25) is 5.91 Å². The number of carbonyl (C=O) groups excluding carboxylic acids is 1. The molecule has 2 atom stereocenters. The van der Waals surface area contributed by atoms with E-state index in [1.165, 1.54) is 0 Å². The van der Waals surface area contributed by atoms with Gasteiger partial charge in [0, 0.05) is 16.2 Å². The Kier molecular flexibility index (Phi) is 5.18. The lowest BCUT2D eigenvalue weighted by atomic mass is 10.1. The SMILES string of the molecule is CC1CC(CN)CN1CC(=O)Nc1ccccc1I. The second-order valence-electron chi connectivity index (χ2n) is 5.14. The van der Waals surface area contributed by atoms with Crippen molar-refractivity contribution < 1.29 is 4.79 Å². The largest absolute Gasteiger partial charge is 0.330 e. The molecule has 1 aromatic rings. The van der Waals surface area contributed by atoms with Gasteiger partial charge >= 0.3 is 0 Å². The Bertz CT molecular complexity index is 452. The standard InChI is InChI=1S/C14H20IN3O/c1-10-6-11(7-16)8-18(10)9-14(19)17-13-5-3-2-4-12(13)15/h2-5,10-11H,6-9,16H2,1H3,(H,17,19). The Morgan fingerprint density at radius 3 is 2.89 bits per heavy atom. The predicted molar refractivity (Wildman–Crippen MR) is 86.0 cm³/mol. The molecule has 1 aromatic carbocycles. The molecule has 4 nitrogen and oxygen atoms in total. The summed E-state index contributed by atoms with van der Waals surface area (Å²) in [5.74, 6) is 0.577. The lowest BCUT2D eigenvalue weighted by Crippen LogP contribution is -2.36. The number of nitrogens with one attached hydrogen (secondary N) is 1. The molecule has 0 bridgehead atoms. The van der Waals surface area contributed by atoms with Crippen molar-refractivity contribution in [3.05, 3.63) is 27.8 Å². The van der Waals surface area contributed by atoms with Crippen molar-refractivity contribution in [2.45, 2.75) is 19.4 Å². The van der Waals surface area contributed by atoms with Crippen LogP contribution >= 0.6 is 22.6 Å². The van der Waals surface area contributed by atoms with Crippen molar-refractivity contribution in [3.8, 4) is 0 Å². The van der Waals surface area contributed by atoms with Gasteiger partial charge in [0.1, 0.15) is 0 Å². The monoisotopic (exact) mass is 373 g/mol. The van der Waals surface area contributed by atoms with Gasteiger partial charge in [-0.25, -0.2) is 0 Å². The molecule has 19 heavy (non-hydrogen) atoms. The zero-order valence-corrected chi connectivity index (χ0v) is 13.3. The highest BCUT2D eigenvalue weighted by Crippen LogP contribution is 2.22. The maximum absolute atomic E-state index is 12.1. The average Bonchev–Trinajstić information content (AvgIpc) is 2.73. The molecular formula is C14H20IN3O. The highest BCUT2D eigenvalue weighted by atomic mass is 127. The van der Waals surface area contributed by atoms with Gasteiger partial charge in [-0.15, -0.1) is 0 Å². The van der Waals surface area contributed by atoms with E-state index in [1.54, 1.807) is 0 Å². The van der Waals surface area contributed by atoms with Gasteiger partial charge in [0.05, 0.1) is 12.2 Å². The second-order valence-corrected chi connectivity index (χ2v) is 6.31. The Morgan fingerprint density at radius 1 is 1.53 bits per heavy atom. The van der Waals surface area contributed by atoms with Crippen LogP contribution in [0.1, 0.15) is 13.3 Å². The predicted octanol–water partition coefficient (Wildman–Crippen LogP) is 1.90. The second kappa shape index (κ2) is 6.67. The van der Waals surface area contributed by atoms with Crippen LogP contribution in [0.15, 0.2) is 24.3 Å². The zero-order valence-electron chi connectivity index (χ0n) is 11.1. The third kappa shape index (κ3) is 3.90. The summed E-state index contributed by atoms with van der Waals surface area (Å²) in [7, 11) is 0. The summed E-state index contributed by atoms with van der Waals surface area (Å²) in [6.45, 7) is 4.24. The molecule has 104 valence electrons. The maximum atomic E-state index is 12.1. The lowest BCUT2D eigenvalue weighted by molar-refractivity contribution is -0.117. The van der Waals surface area contributed by atoms with Crippen molar-refractivity contribution in [1.29, 1.82) is 0 Å². The van der Waals surface area contributed by atoms with Crippen molar-refractivity contribution in [3.63, 3.8) is 0 Å². The summed E-state index contributed by atoms with van der Waals surface area (Å²) in [4.78, 5) is 14.3. The number of anilines is 1. The van der Waals surface area contributed by atoms with Crippen LogP contribution in [0.5, 0.6) is 0 Å². The summed E-state index contributed by atoms with van der Waals surface area (Å²) in [6.07, 6.45) is 1.09. The molecule has 3 N–H and O–H groups in total. The molecule has 0 saturated carbocycles. The minimum absolute atomic E-state index is 0.0497. The fourth-order valence-corrected chi connectivity index (χ4v) is 3.07. The number of likely N-dealkylation sites (tertiary alicyclic amines) is 1. The van der Waals surface area contributed by atoms with Crippen LogP contribution in [0.4, 0.5) is 5.69 Å². The normalized spacial score (nSPS) is 23.5. The number of hydrogen-bond donors (Lipinski definition) is 2. The first-order valence-corrected chi connectivity index (χ1v) is 7.66. The minimum Gasteiger partial charge on any atom is -0.330 e. The molecule has 1 fully saturated rings. The number of amides is 1. The summed E-state index contributed by atoms with van der Waals surface area (Å²) in [5.41, 5.74) is 6.59. The number of para-hydroxylation sites is 1. The van der Waals surface area contributed by atoms with Gasteiger partial charge < -0.3 is 11.1 Å². The van der Waals surface area contributed by atoms with E-state index in [4.69, 9.17) is 5.73 Å². The Labute approximate surface area is 127 Å². The van der Waals surface area contributed by atoms with Crippen LogP contribution in [-0.2, 0) is 4.79 Å². The van der Waals surface area contributed by atoms with Gasteiger partial charge in [0.25, 0.3) is 0 Å². The summed E-state index contributed by atoms with van der Waals surface area (Å²) in [5, 5.41) is 2.97. The highest BCUT2D eigenvalue weighted by Gasteiger charge is 2.29. The number of benzene rings is 1. The average molecular weight is 373 g/mol. The van der Waals surface area contributed by atoms with Crippen molar-refractivity contribution in [1.82, 2.24) is 4.90 Å². The molecular weight excluding hydrogens is 353 g/mol. The highest BCUT2D eigenvalue weighted by molar-refractivity contribution is 14.1. The van der Waals surface area contributed by atoms with E-state index in [0.717, 1.165) is 22.2 Å². The van der Waals surface area contributed by atoms with E-state index in [0.29, 0.717) is 25.0 Å². The van der Waals surface area contributed by atoms with E-state index < -0.39 is 0 Å². The zero-order chi connectivity index (χ0) is 13.8. The fourth-order valence-electron chi connectivity index (χ4n) is 2.55. The molecule has 0 spiro atoms. The van der Waals surface area contributed by atoms with E-state index in [9.17, 15) is 4.79 Å². The van der Waals surface area contributed by atoms with Crippen LogP contribution in [0.3, 0.4) is 0 Å². The third-order valence-corrected chi connectivity index (χ3v) is 4.56. The first kappa shape index (κ1) is 14.7. The van der Waals surface area contributed by atoms with E-state index in [1.807, 2.05) is 24.3 Å². The Balaban J connectivity index is 1.90. The molecule has 2 rings (SSSR count). The van der Waals surface area contributed by atoms with Crippen LogP contribution in [0.2, 0.25) is 0 Å². The molecule has 1 aliphatic rings. The Morgan fingerprint density at radius 2 is 2.26 bits per heavy atom. The van der Waals surface area contributed by atoms with E-state index >= 15 is 0 Å².